The van der Waals surface area contributed by atoms with Crippen LogP contribution in [-0.2, 0) is 19.2 Å². The molecule has 0 saturated carbocycles. The van der Waals surface area contributed by atoms with Crippen LogP contribution in [0.15, 0.2) is 0 Å². The minimum Gasteiger partial charge on any atom is -0.481 e. The molecule has 0 spiro atoms. The molecule has 0 aromatic heterocycles. The lowest BCUT2D eigenvalue weighted by atomic mass is 9.85. The zero-order valence-corrected chi connectivity index (χ0v) is 51.0. The van der Waals surface area contributed by atoms with Gasteiger partial charge in [0.15, 0.2) is 0 Å². The number of hydrogen-bond acceptors (Lipinski definition) is 9. The second kappa shape index (κ2) is 55.6. The summed E-state index contributed by atoms with van der Waals surface area (Å²) in [5.41, 5.74) is 0.666. The zero-order valence-electron chi connectivity index (χ0n) is 51.0. The first-order valence-corrected chi connectivity index (χ1v) is 30.6. The molecular formula is C63H134N4O6. The highest BCUT2D eigenvalue weighted by Crippen LogP contribution is 2.29. The van der Waals surface area contributed by atoms with Crippen molar-refractivity contribution in [3.8, 4) is 0 Å². The highest BCUT2D eigenvalue weighted by Gasteiger charge is 2.25. The van der Waals surface area contributed by atoms with Crippen molar-refractivity contribution in [2.45, 2.75) is 313 Å². The predicted molar refractivity (Wildman–Crippen MR) is 320 cm³/mol. The third-order valence-corrected chi connectivity index (χ3v) is 15.2. The van der Waals surface area contributed by atoms with Crippen molar-refractivity contribution in [2.75, 3.05) is 74.3 Å². The summed E-state index contributed by atoms with van der Waals surface area (Å²) >= 11 is 0. The Morgan fingerprint density at radius 3 is 1.49 bits per heavy atom. The van der Waals surface area contributed by atoms with Gasteiger partial charge in [0.1, 0.15) is 6.79 Å². The topological polar surface area (TPSA) is 106 Å². The van der Waals surface area contributed by atoms with Crippen molar-refractivity contribution in [1.82, 2.24) is 19.6 Å². The fourth-order valence-electron chi connectivity index (χ4n) is 10.4. The average Bonchev–Trinajstić information content (AvgIpc) is 3.76. The van der Waals surface area contributed by atoms with Crippen molar-refractivity contribution in [1.29, 1.82) is 0 Å². The number of hydrogen-bond donors (Lipinski definition) is 2. The van der Waals surface area contributed by atoms with Gasteiger partial charge in [0, 0.05) is 31.2 Å². The van der Waals surface area contributed by atoms with Gasteiger partial charge in [-0.1, -0.05) is 217 Å². The van der Waals surface area contributed by atoms with Crippen molar-refractivity contribution in [2.24, 2.45) is 10.8 Å². The molecule has 0 radical (unpaired) electrons. The summed E-state index contributed by atoms with van der Waals surface area (Å²) in [6.07, 6.45) is 46.3. The Kier molecular flexibility index (Phi) is 59.7. The molecule has 1 aliphatic rings. The minimum atomic E-state index is -0.737. The van der Waals surface area contributed by atoms with Gasteiger partial charge in [-0.15, -0.1) is 0 Å². The van der Waals surface area contributed by atoms with Crippen LogP contribution in [0.25, 0.3) is 0 Å². The number of carbonyl (C=O) groups is 2. The first kappa shape index (κ1) is 78.4. The lowest BCUT2D eigenvalue weighted by molar-refractivity contribution is -0.242. The van der Waals surface area contributed by atoms with Crippen molar-refractivity contribution in [3.63, 3.8) is 0 Å². The molecule has 1 fully saturated rings. The molecule has 1 heterocycles. The van der Waals surface area contributed by atoms with Crippen molar-refractivity contribution < 1.29 is 29.6 Å². The Morgan fingerprint density at radius 1 is 0.630 bits per heavy atom. The van der Waals surface area contributed by atoms with Crippen molar-refractivity contribution in [3.05, 3.63) is 0 Å². The number of carboxylic acid groups (broad SMARTS) is 1. The summed E-state index contributed by atoms with van der Waals surface area (Å²) < 4.78 is 6.19. The highest BCUT2D eigenvalue weighted by molar-refractivity contribution is 5.66. The molecular weight excluding hydrogens is 909 g/mol. The summed E-state index contributed by atoms with van der Waals surface area (Å²) in [4.78, 5) is 31.7. The number of aliphatic carboxylic acids is 1. The number of carbonyl (C=O) groups excluding carboxylic acids is 1. The second-order valence-corrected chi connectivity index (χ2v) is 24.0. The Labute approximate surface area is 457 Å². The molecule has 2 N–H and O–H groups in total. The maximum Gasteiger partial charge on any atom is 0.304 e. The number of carboxylic acids is 1. The van der Waals surface area contributed by atoms with Crippen LogP contribution in [0.3, 0.4) is 0 Å². The lowest BCUT2D eigenvalue weighted by Gasteiger charge is -2.36. The first-order chi connectivity index (χ1) is 34.5. The number of likely N-dealkylation sites (tertiary alicyclic amines) is 1. The molecule has 0 aromatic carbocycles. The molecule has 0 aliphatic carbocycles. The van der Waals surface area contributed by atoms with Gasteiger partial charge in [0.2, 0.25) is 0 Å². The average molecular weight is 1040 g/mol. The normalized spacial score (nSPS) is 14.4. The molecule has 73 heavy (non-hydrogen) atoms. The van der Waals surface area contributed by atoms with E-state index in [4.69, 9.17) is 19.9 Å². The van der Waals surface area contributed by atoms with Crippen LogP contribution in [0.1, 0.15) is 294 Å². The molecule has 0 amide bonds. The smallest absolute Gasteiger partial charge is 0.304 e. The van der Waals surface area contributed by atoms with Crippen molar-refractivity contribution >= 4 is 12.8 Å². The molecule has 1 saturated heterocycles. The van der Waals surface area contributed by atoms with Gasteiger partial charge in [0.05, 0.1) is 26.4 Å². The van der Waals surface area contributed by atoms with Crippen LogP contribution < -0.4 is 0 Å². The highest BCUT2D eigenvalue weighted by atomic mass is 17.1. The maximum absolute atomic E-state index is 9.88. The SMILES string of the molecule is C.C=O.CCCCCCCCC(CCCCCCCC)N(C)CC(C)(C)CCCCCCOO.CCCCCCCCCCC(CC)N(C)COCC(C)(C)CCCCN1CCC[C@H]1C.CN(C)CCC(=O)O. The van der Waals surface area contributed by atoms with Crippen LogP contribution in [0.2, 0.25) is 0 Å². The van der Waals surface area contributed by atoms with Crippen LogP contribution >= 0.6 is 0 Å². The molecule has 0 aromatic rings. The summed E-state index contributed by atoms with van der Waals surface area (Å²) in [5.74, 6) is -0.737. The van der Waals surface area contributed by atoms with E-state index in [-0.39, 0.29) is 19.3 Å². The van der Waals surface area contributed by atoms with E-state index in [0.717, 1.165) is 38.3 Å². The molecule has 0 bridgehead atoms. The number of unbranched alkanes of at least 4 members (excludes halogenated alkanes) is 21. The predicted octanol–water partition coefficient (Wildman–Crippen LogP) is 17.6. The second-order valence-electron chi connectivity index (χ2n) is 24.0. The van der Waals surface area contributed by atoms with E-state index >= 15 is 0 Å². The Hall–Kier alpha value is -1.14. The molecule has 442 valence electrons. The fraction of sp³-hybridized carbons (Fsp3) is 0.968. The molecule has 10 heteroatoms. The standard InChI is InChI=1S/C28H58N2O.C28H59NO2.C5H11NO2.CH2O.CH4/c1-7-9-10-11-12-13-14-15-20-27(8-2)29(6)25-31-24-28(4,5)21-16-17-22-30-23-18-19-26(30)3;1-6-8-10-12-14-18-22-27(23-19-15-13-11-9-7-2)29(5)26-28(3,4)24-20-16-17-21-25-31-30;1-6(2)4-3-5(7)8;1-2;/h26-27H,7-25H2,1-6H3;27,30H,6-26H2,1-5H3;3-4H2,1-2H3,(H,7,8);1H2;1H4/t26-,27?;;;;/m1..../s1. The summed E-state index contributed by atoms with van der Waals surface area (Å²) in [5, 5.41) is 16.6. The Balaban J connectivity index is -0.000000543. The van der Waals surface area contributed by atoms with Gasteiger partial charge in [-0.05, 0) is 123 Å². The molecule has 1 unspecified atom stereocenters. The van der Waals surface area contributed by atoms with Gasteiger partial charge < -0.3 is 29.3 Å². The number of nitrogens with zero attached hydrogens (tertiary/aromatic N) is 4. The van der Waals surface area contributed by atoms with Gasteiger partial charge in [-0.3, -0.25) is 15.0 Å². The molecule has 2 atom stereocenters. The molecule has 1 aliphatic heterocycles. The van der Waals surface area contributed by atoms with Crippen LogP contribution in [0.4, 0.5) is 0 Å². The number of ether oxygens (including phenoxy) is 1. The van der Waals surface area contributed by atoms with E-state index in [9.17, 15) is 4.79 Å². The quantitative estimate of drug-likeness (QED) is 0.0265. The fourth-order valence-corrected chi connectivity index (χ4v) is 10.4. The van der Waals surface area contributed by atoms with E-state index in [1.807, 2.05) is 25.8 Å². The zero-order chi connectivity index (χ0) is 54.7. The van der Waals surface area contributed by atoms with Gasteiger partial charge in [0.25, 0.3) is 0 Å². The van der Waals surface area contributed by atoms with Crippen LogP contribution in [0, 0.1) is 10.8 Å². The van der Waals surface area contributed by atoms with Crippen LogP contribution in [-0.4, -0.2) is 135 Å². The summed E-state index contributed by atoms with van der Waals surface area (Å²) in [7, 11) is 8.34. The Bertz CT molecular complexity index is 1100. The third-order valence-electron chi connectivity index (χ3n) is 15.2. The van der Waals surface area contributed by atoms with Gasteiger partial charge in [-0.2, -0.15) is 0 Å². The summed E-state index contributed by atoms with van der Waals surface area (Å²) in [6, 6.07) is 2.24. The summed E-state index contributed by atoms with van der Waals surface area (Å²) in [6.45, 7) is 29.9. The van der Waals surface area contributed by atoms with E-state index < -0.39 is 5.97 Å². The van der Waals surface area contributed by atoms with Gasteiger partial charge >= 0.3 is 5.97 Å². The van der Waals surface area contributed by atoms with Gasteiger partial charge in [-0.25, -0.2) is 4.89 Å². The Morgan fingerprint density at radius 2 is 1.07 bits per heavy atom. The minimum absolute atomic E-state index is 0. The lowest BCUT2D eigenvalue weighted by Crippen LogP contribution is -2.39. The van der Waals surface area contributed by atoms with Crippen LogP contribution in [0.5, 0.6) is 0 Å². The largest absolute Gasteiger partial charge is 0.481 e. The third kappa shape index (κ3) is 54.0. The maximum atomic E-state index is 9.88. The molecule has 10 nitrogen and oxygen atoms in total. The van der Waals surface area contributed by atoms with E-state index in [1.165, 1.54) is 225 Å². The van der Waals surface area contributed by atoms with E-state index in [1.54, 1.807) is 0 Å². The first-order valence-electron chi connectivity index (χ1n) is 30.6. The van der Waals surface area contributed by atoms with E-state index in [0.29, 0.717) is 24.6 Å². The monoisotopic (exact) mass is 1040 g/mol. The van der Waals surface area contributed by atoms with E-state index in [2.05, 4.69) is 96.0 Å². The molecule has 1 rings (SSSR count). The number of rotatable bonds is 47.